The summed E-state index contributed by atoms with van der Waals surface area (Å²) >= 11 is 6.15. The summed E-state index contributed by atoms with van der Waals surface area (Å²) in [6.45, 7) is 3.61. The van der Waals surface area contributed by atoms with Gasteiger partial charge in [-0.3, -0.25) is 4.79 Å². The van der Waals surface area contributed by atoms with Gasteiger partial charge in [-0.2, -0.15) is 5.10 Å². The van der Waals surface area contributed by atoms with E-state index in [0.29, 0.717) is 28.3 Å². The standard InChI is InChI=1S/C24H24ClF2N3O4/c1-5-14-12-17(10-11-18(14)25)34-23-19(20(21(26)27)29-30(23)3)22(31)28-13(2)15-6-8-16(9-7-15)24(32)33-4/h6-13,21H,5H2,1-4H3,(H,28,31). The minimum Gasteiger partial charge on any atom is -0.465 e. The van der Waals surface area contributed by atoms with Crippen LogP contribution < -0.4 is 10.1 Å². The van der Waals surface area contributed by atoms with Gasteiger partial charge in [0.25, 0.3) is 12.3 Å². The maximum absolute atomic E-state index is 13.7. The number of nitrogens with one attached hydrogen (secondary N) is 1. The van der Waals surface area contributed by atoms with Crippen LogP contribution in [0.2, 0.25) is 5.02 Å². The van der Waals surface area contributed by atoms with Crippen molar-refractivity contribution in [2.45, 2.75) is 32.7 Å². The Labute approximate surface area is 200 Å². The van der Waals surface area contributed by atoms with Crippen LogP contribution in [0.4, 0.5) is 8.78 Å². The Balaban J connectivity index is 1.90. The van der Waals surface area contributed by atoms with Crippen molar-refractivity contribution in [3.05, 3.63) is 75.4 Å². The van der Waals surface area contributed by atoms with Gasteiger partial charge in [-0.1, -0.05) is 30.7 Å². The first kappa shape index (κ1) is 25.2. The zero-order valence-corrected chi connectivity index (χ0v) is 19.8. The zero-order valence-electron chi connectivity index (χ0n) is 19.1. The van der Waals surface area contributed by atoms with E-state index >= 15 is 0 Å². The summed E-state index contributed by atoms with van der Waals surface area (Å²) in [5.74, 6) is -1.04. The fourth-order valence-electron chi connectivity index (χ4n) is 3.39. The van der Waals surface area contributed by atoms with Crippen LogP contribution in [0.5, 0.6) is 11.6 Å². The Morgan fingerprint density at radius 1 is 1.18 bits per heavy atom. The molecular formula is C24H24ClF2N3O4. The number of ether oxygens (including phenoxy) is 2. The van der Waals surface area contributed by atoms with Gasteiger partial charge in [-0.05, 0) is 54.8 Å². The zero-order chi connectivity index (χ0) is 25.0. The molecule has 1 amide bonds. The highest BCUT2D eigenvalue weighted by molar-refractivity contribution is 6.31. The van der Waals surface area contributed by atoms with E-state index in [-0.39, 0.29) is 11.4 Å². The van der Waals surface area contributed by atoms with Crippen LogP contribution in [-0.2, 0) is 18.2 Å². The number of methoxy groups -OCH3 is 1. The molecule has 0 spiro atoms. The first-order valence-corrected chi connectivity index (χ1v) is 10.8. The molecule has 1 atom stereocenters. The van der Waals surface area contributed by atoms with Crippen molar-refractivity contribution >= 4 is 23.5 Å². The molecule has 0 radical (unpaired) electrons. The SMILES string of the molecule is CCc1cc(Oc2c(C(=O)NC(C)c3ccc(C(=O)OC)cc3)c(C(F)F)nn2C)ccc1Cl. The second kappa shape index (κ2) is 10.6. The lowest BCUT2D eigenvalue weighted by atomic mass is 10.1. The minimum absolute atomic E-state index is 0.120. The Morgan fingerprint density at radius 3 is 2.44 bits per heavy atom. The molecule has 1 aromatic heterocycles. The number of aryl methyl sites for hydroxylation is 2. The highest BCUT2D eigenvalue weighted by atomic mass is 35.5. The van der Waals surface area contributed by atoms with E-state index in [1.807, 2.05) is 6.92 Å². The van der Waals surface area contributed by atoms with Crippen LogP contribution in [0.25, 0.3) is 0 Å². The molecule has 7 nitrogen and oxygen atoms in total. The molecule has 1 unspecified atom stereocenters. The average Bonchev–Trinajstić information content (AvgIpc) is 3.16. The normalized spacial score (nSPS) is 11.9. The van der Waals surface area contributed by atoms with Crippen LogP contribution in [-0.4, -0.2) is 28.8 Å². The number of esters is 1. The largest absolute Gasteiger partial charge is 0.465 e. The van der Waals surface area contributed by atoms with Crippen molar-refractivity contribution in [2.75, 3.05) is 7.11 Å². The molecule has 10 heteroatoms. The molecule has 3 rings (SSSR count). The number of hydrogen-bond acceptors (Lipinski definition) is 5. The van der Waals surface area contributed by atoms with Gasteiger partial charge >= 0.3 is 5.97 Å². The van der Waals surface area contributed by atoms with Crippen molar-refractivity contribution < 1.29 is 27.8 Å². The smallest absolute Gasteiger partial charge is 0.337 e. The quantitative estimate of drug-likeness (QED) is 0.412. The van der Waals surface area contributed by atoms with Gasteiger partial charge in [0.05, 0.1) is 18.7 Å². The minimum atomic E-state index is -2.99. The number of hydrogen-bond donors (Lipinski definition) is 1. The maximum Gasteiger partial charge on any atom is 0.337 e. The van der Waals surface area contributed by atoms with Crippen molar-refractivity contribution in [2.24, 2.45) is 7.05 Å². The van der Waals surface area contributed by atoms with E-state index < -0.39 is 30.0 Å². The second-order valence-electron chi connectivity index (χ2n) is 7.51. The van der Waals surface area contributed by atoms with Gasteiger partial charge in [-0.25, -0.2) is 18.3 Å². The third kappa shape index (κ3) is 5.36. The molecule has 0 aliphatic heterocycles. The second-order valence-corrected chi connectivity index (χ2v) is 7.91. The third-order valence-electron chi connectivity index (χ3n) is 5.25. The number of halogens is 3. The summed E-state index contributed by atoms with van der Waals surface area (Å²) in [5, 5.41) is 7.06. The predicted molar refractivity (Wildman–Crippen MR) is 123 cm³/mol. The molecule has 2 aromatic carbocycles. The molecular weight excluding hydrogens is 468 g/mol. The highest BCUT2D eigenvalue weighted by Gasteiger charge is 2.30. The van der Waals surface area contributed by atoms with Crippen molar-refractivity contribution in [3.63, 3.8) is 0 Å². The van der Waals surface area contributed by atoms with Crippen LogP contribution in [0.15, 0.2) is 42.5 Å². The van der Waals surface area contributed by atoms with Gasteiger partial charge in [-0.15, -0.1) is 0 Å². The highest BCUT2D eigenvalue weighted by Crippen LogP contribution is 2.34. The van der Waals surface area contributed by atoms with E-state index in [4.69, 9.17) is 16.3 Å². The van der Waals surface area contributed by atoms with E-state index in [1.165, 1.54) is 14.2 Å². The van der Waals surface area contributed by atoms with Gasteiger partial charge in [0.15, 0.2) is 0 Å². The van der Waals surface area contributed by atoms with Crippen molar-refractivity contribution in [3.8, 4) is 11.6 Å². The summed E-state index contributed by atoms with van der Waals surface area (Å²) in [7, 11) is 2.70. The lowest BCUT2D eigenvalue weighted by Crippen LogP contribution is -2.27. The molecule has 0 bridgehead atoms. The van der Waals surface area contributed by atoms with Gasteiger partial charge in [0.2, 0.25) is 5.88 Å². The number of rotatable bonds is 8. The molecule has 1 heterocycles. The van der Waals surface area contributed by atoms with E-state index in [2.05, 4.69) is 15.2 Å². The van der Waals surface area contributed by atoms with Crippen LogP contribution >= 0.6 is 11.6 Å². The van der Waals surface area contributed by atoms with Gasteiger partial charge in [0.1, 0.15) is 17.0 Å². The molecule has 1 N–H and O–H groups in total. The van der Waals surface area contributed by atoms with Crippen LogP contribution in [0.3, 0.4) is 0 Å². The predicted octanol–water partition coefficient (Wildman–Crippen LogP) is 5.64. The molecule has 0 saturated heterocycles. The Kier molecular flexibility index (Phi) is 7.88. The number of carbonyl (C=O) groups excluding carboxylic acids is 2. The molecule has 3 aromatic rings. The van der Waals surface area contributed by atoms with E-state index in [0.717, 1.165) is 10.2 Å². The molecule has 0 fully saturated rings. The maximum atomic E-state index is 13.7. The van der Waals surface area contributed by atoms with Gasteiger partial charge < -0.3 is 14.8 Å². The number of alkyl halides is 2. The average molecular weight is 492 g/mol. The van der Waals surface area contributed by atoms with E-state index in [9.17, 15) is 18.4 Å². The molecule has 34 heavy (non-hydrogen) atoms. The van der Waals surface area contributed by atoms with Crippen LogP contribution in [0.1, 0.15) is 63.9 Å². The lowest BCUT2D eigenvalue weighted by Gasteiger charge is -2.16. The number of benzene rings is 2. The Morgan fingerprint density at radius 2 is 1.85 bits per heavy atom. The Hall–Kier alpha value is -3.46. The summed E-state index contributed by atoms with van der Waals surface area (Å²) in [6.07, 6.45) is -2.35. The Bertz CT molecular complexity index is 1200. The fourth-order valence-corrected chi connectivity index (χ4v) is 3.64. The fraction of sp³-hybridized carbons (Fsp3) is 0.292. The summed E-state index contributed by atoms with van der Waals surface area (Å²) in [4.78, 5) is 24.7. The molecule has 0 aliphatic rings. The monoisotopic (exact) mass is 491 g/mol. The number of aromatic nitrogens is 2. The lowest BCUT2D eigenvalue weighted by molar-refractivity contribution is 0.0600. The van der Waals surface area contributed by atoms with E-state index in [1.54, 1.807) is 49.4 Å². The summed E-state index contributed by atoms with van der Waals surface area (Å²) in [6, 6.07) is 10.8. The first-order valence-electron chi connectivity index (χ1n) is 10.5. The van der Waals surface area contributed by atoms with Crippen LogP contribution in [0, 0.1) is 0 Å². The number of nitrogens with zero attached hydrogens (tertiary/aromatic N) is 2. The molecule has 0 aliphatic carbocycles. The first-order chi connectivity index (χ1) is 16.2. The number of amides is 1. The molecule has 0 saturated carbocycles. The van der Waals surface area contributed by atoms with Gasteiger partial charge in [0, 0.05) is 12.1 Å². The topological polar surface area (TPSA) is 82.4 Å². The summed E-state index contributed by atoms with van der Waals surface area (Å²) in [5.41, 5.74) is 0.778. The molecule has 180 valence electrons. The van der Waals surface area contributed by atoms with Crippen molar-refractivity contribution in [1.82, 2.24) is 15.1 Å². The third-order valence-corrected chi connectivity index (χ3v) is 5.62. The van der Waals surface area contributed by atoms with Crippen molar-refractivity contribution in [1.29, 1.82) is 0 Å². The summed E-state index contributed by atoms with van der Waals surface area (Å²) < 4.78 is 39.1. The number of carbonyl (C=O) groups is 2.